The van der Waals surface area contributed by atoms with Crippen molar-refractivity contribution in [3.63, 3.8) is 0 Å². The van der Waals surface area contributed by atoms with Gasteiger partial charge < -0.3 is 14.8 Å². The molecule has 0 spiro atoms. The minimum absolute atomic E-state index is 0.109. The van der Waals surface area contributed by atoms with E-state index < -0.39 is 6.10 Å². The maximum atomic E-state index is 12.5. The second-order valence-electron chi connectivity index (χ2n) is 5.64. The maximum Gasteiger partial charge on any atom is 0.253 e. The maximum absolute atomic E-state index is 12.5. The Bertz CT molecular complexity index is 657. The van der Waals surface area contributed by atoms with Crippen molar-refractivity contribution in [3.05, 3.63) is 65.7 Å². The monoisotopic (exact) mass is 311 g/mol. The van der Waals surface area contributed by atoms with Crippen LogP contribution in [0.25, 0.3) is 0 Å². The predicted molar refractivity (Wildman–Crippen MR) is 88.5 cm³/mol. The number of nitrogens with one attached hydrogen (secondary N) is 1. The highest BCUT2D eigenvalue weighted by Crippen LogP contribution is 2.32. The zero-order chi connectivity index (χ0) is 16.1. The van der Waals surface area contributed by atoms with Crippen LogP contribution < -0.4 is 10.1 Å². The van der Waals surface area contributed by atoms with Gasteiger partial charge in [0.1, 0.15) is 5.75 Å². The number of carbonyl (C=O) groups excluding carboxylic acids is 1. The molecular formula is C19H21NO3. The normalized spacial score (nSPS) is 17.7. The average Bonchev–Trinajstić information content (AvgIpc) is 2.61. The average molecular weight is 311 g/mol. The van der Waals surface area contributed by atoms with Crippen molar-refractivity contribution in [1.29, 1.82) is 0 Å². The molecule has 2 aromatic carbocycles. The molecule has 1 heterocycles. The number of hydrogen-bond acceptors (Lipinski definition) is 3. The molecule has 1 unspecified atom stereocenters. The minimum Gasteiger partial charge on any atom is -0.493 e. The van der Waals surface area contributed by atoms with Crippen LogP contribution >= 0.6 is 0 Å². The lowest BCUT2D eigenvalue weighted by Gasteiger charge is -2.26. The van der Waals surface area contributed by atoms with E-state index in [0.717, 1.165) is 23.3 Å². The Morgan fingerprint density at radius 3 is 2.74 bits per heavy atom. The molecule has 120 valence electrons. The Kier molecular flexibility index (Phi) is 4.93. The van der Waals surface area contributed by atoms with Crippen LogP contribution in [0.15, 0.2) is 54.6 Å². The van der Waals surface area contributed by atoms with Gasteiger partial charge in [0.2, 0.25) is 0 Å². The van der Waals surface area contributed by atoms with E-state index in [2.05, 4.69) is 11.4 Å². The molecule has 4 heteroatoms. The number of fused-ring (bicyclic) bond motifs is 1. The van der Waals surface area contributed by atoms with Crippen molar-refractivity contribution in [2.24, 2.45) is 0 Å². The summed E-state index contributed by atoms with van der Waals surface area (Å²) in [6.07, 6.45) is 0.326. The van der Waals surface area contributed by atoms with E-state index in [4.69, 9.17) is 9.47 Å². The largest absolute Gasteiger partial charge is 0.493 e. The molecule has 3 rings (SSSR count). The third kappa shape index (κ3) is 3.54. The highest BCUT2D eigenvalue weighted by molar-refractivity contribution is 5.82. The molecule has 1 aliphatic heterocycles. The second kappa shape index (κ2) is 7.29. The van der Waals surface area contributed by atoms with Gasteiger partial charge in [0.25, 0.3) is 5.91 Å². The van der Waals surface area contributed by atoms with Crippen molar-refractivity contribution >= 4 is 5.91 Å². The molecule has 1 aliphatic rings. The summed E-state index contributed by atoms with van der Waals surface area (Å²) in [5.41, 5.74) is 2.02. The van der Waals surface area contributed by atoms with Crippen LogP contribution in [0.3, 0.4) is 0 Å². The van der Waals surface area contributed by atoms with Gasteiger partial charge in [0.15, 0.2) is 6.10 Å². The fourth-order valence-electron chi connectivity index (χ4n) is 2.97. The molecule has 4 nitrogen and oxygen atoms in total. The number of amides is 1. The van der Waals surface area contributed by atoms with E-state index >= 15 is 0 Å². The van der Waals surface area contributed by atoms with E-state index in [1.54, 1.807) is 7.11 Å². The van der Waals surface area contributed by atoms with Crippen LogP contribution in [-0.2, 0) is 9.53 Å². The van der Waals surface area contributed by atoms with Crippen LogP contribution in [0.2, 0.25) is 0 Å². The molecule has 2 atom stereocenters. The number of benzene rings is 2. The first kappa shape index (κ1) is 15.6. The zero-order valence-electron chi connectivity index (χ0n) is 13.2. The van der Waals surface area contributed by atoms with E-state index in [1.807, 2.05) is 48.5 Å². The third-order valence-electron chi connectivity index (χ3n) is 4.18. The van der Waals surface area contributed by atoms with Crippen LogP contribution in [0.1, 0.15) is 29.6 Å². The van der Waals surface area contributed by atoms with Gasteiger partial charge in [-0.25, -0.2) is 0 Å². The topological polar surface area (TPSA) is 47.6 Å². The van der Waals surface area contributed by atoms with Crippen molar-refractivity contribution in [2.45, 2.75) is 18.4 Å². The number of ether oxygens (including phenoxy) is 2. The molecular weight excluding hydrogens is 290 g/mol. The van der Waals surface area contributed by atoms with Crippen molar-refractivity contribution in [3.8, 4) is 5.75 Å². The third-order valence-corrected chi connectivity index (χ3v) is 4.18. The van der Waals surface area contributed by atoms with E-state index in [9.17, 15) is 4.79 Å². The van der Waals surface area contributed by atoms with Gasteiger partial charge in [-0.2, -0.15) is 0 Å². The van der Waals surface area contributed by atoms with E-state index in [0.29, 0.717) is 13.2 Å². The van der Waals surface area contributed by atoms with Gasteiger partial charge in [-0.15, -0.1) is 0 Å². The van der Waals surface area contributed by atoms with Gasteiger partial charge in [0.05, 0.1) is 6.61 Å². The van der Waals surface area contributed by atoms with Crippen molar-refractivity contribution < 1.29 is 14.3 Å². The smallest absolute Gasteiger partial charge is 0.253 e. The van der Waals surface area contributed by atoms with Gasteiger partial charge in [0, 0.05) is 19.6 Å². The Hall–Kier alpha value is -2.33. The van der Waals surface area contributed by atoms with Crippen molar-refractivity contribution in [1.82, 2.24) is 5.32 Å². The van der Waals surface area contributed by atoms with E-state index in [1.165, 1.54) is 0 Å². The van der Waals surface area contributed by atoms with Crippen LogP contribution in [-0.4, -0.2) is 26.2 Å². The summed E-state index contributed by atoms with van der Waals surface area (Å²) in [7, 11) is 1.56. The molecule has 0 bridgehead atoms. The van der Waals surface area contributed by atoms with Crippen LogP contribution in [0, 0.1) is 0 Å². The van der Waals surface area contributed by atoms with Gasteiger partial charge in [-0.05, 0) is 23.6 Å². The fourth-order valence-corrected chi connectivity index (χ4v) is 2.97. The first-order valence-corrected chi connectivity index (χ1v) is 7.86. The van der Waals surface area contributed by atoms with Gasteiger partial charge in [-0.3, -0.25) is 4.79 Å². The van der Waals surface area contributed by atoms with Crippen LogP contribution in [0.5, 0.6) is 5.75 Å². The molecule has 1 N–H and O–H groups in total. The van der Waals surface area contributed by atoms with Crippen molar-refractivity contribution in [2.75, 3.05) is 20.3 Å². The number of rotatable bonds is 5. The number of carbonyl (C=O) groups is 1. The summed E-state index contributed by atoms with van der Waals surface area (Å²) in [5, 5.41) is 3.02. The molecule has 0 fully saturated rings. The predicted octanol–water partition coefficient (Wildman–Crippen LogP) is 3.06. The molecule has 0 aliphatic carbocycles. The summed E-state index contributed by atoms with van der Waals surface area (Å²) in [5.74, 6) is 1.09. The lowest BCUT2D eigenvalue weighted by Crippen LogP contribution is -2.34. The van der Waals surface area contributed by atoms with Crippen LogP contribution in [0.4, 0.5) is 0 Å². The molecule has 2 aromatic rings. The number of hydrogen-bond donors (Lipinski definition) is 1. The summed E-state index contributed by atoms with van der Waals surface area (Å²) in [6.45, 7) is 1.27. The lowest BCUT2D eigenvalue weighted by atomic mass is 9.93. The molecule has 0 saturated carbocycles. The Balaban J connectivity index is 1.65. The minimum atomic E-state index is -0.578. The summed E-state index contributed by atoms with van der Waals surface area (Å²) in [6, 6.07) is 17.6. The Labute approximate surface area is 136 Å². The summed E-state index contributed by atoms with van der Waals surface area (Å²) >= 11 is 0. The first-order chi connectivity index (χ1) is 11.3. The molecule has 0 saturated heterocycles. The standard InChI is InChI=1S/C19H21NO3/c1-22-18(14-7-3-2-4-8-14)19(21)20-13-15-11-12-23-17-10-6-5-9-16(15)17/h2-10,15,18H,11-13H2,1H3,(H,20,21)/t15?,18-/m1/s1. The highest BCUT2D eigenvalue weighted by Gasteiger charge is 2.24. The van der Waals surface area contributed by atoms with Gasteiger partial charge >= 0.3 is 0 Å². The molecule has 23 heavy (non-hydrogen) atoms. The Morgan fingerprint density at radius 1 is 1.22 bits per heavy atom. The SMILES string of the molecule is CO[C@@H](C(=O)NCC1CCOc2ccccc21)c1ccccc1. The Morgan fingerprint density at radius 2 is 1.96 bits per heavy atom. The summed E-state index contributed by atoms with van der Waals surface area (Å²) < 4.78 is 11.0. The highest BCUT2D eigenvalue weighted by atomic mass is 16.5. The number of para-hydroxylation sites is 1. The quantitative estimate of drug-likeness (QED) is 0.923. The first-order valence-electron chi connectivity index (χ1n) is 7.86. The van der Waals surface area contributed by atoms with Gasteiger partial charge in [-0.1, -0.05) is 48.5 Å². The van der Waals surface area contributed by atoms with E-state index in [-0.39, 0.29) is 11.8 Å². The second-order valence-corrected chi connectivity index (χ2v) is 5.64. The number of methoxy groups -OCH3 is 1. The fraction of sp³-hybridized carbons (Fsp3) is 0.316. The molecule has 0 radical (unpaired) electrons. The summed E-state index contributed by atoms with van der Waals surface area (Å²) in [4.78, 5) is 12.5. The molecule has 0 aromatic heterocycles. The molecule has 1 amide bonds. The zero-order valence-corrected chi connectivity index (χ0v) is 13.2. The lowest BCUT2D eigenvalue weighted by molar-refractivity contribution is -0.131.